The van der Waals surface area contributed by atoms with Crippen molar-refractivity contribution in [2.24, 2.45) is 0 Å². The molecule has 0 saturated carbocycles. The summed E-state index contributed by atoms with van der Waals surface area (Å²) >= 11 is 0. The molecule has 3 amide bonds. The van der Waals surface area contributed by atoms with Crippen LogP contribution < -0.4 is 5.32 Å². The Morgan fingerprint density at radius 1 is 1.58 bits per heavy atom. The number of nitrogens with one attached hydrogen (secondary N) is 1. The molecule has 1 aliphatic heterocycles. The molecule has 8 heteroatoms. The van der Waals surface area contributed by atoms with E-state index in [1.807, 2.05) is 0 Å². The first-order valence-corrected chi connectivity index (χ1v) is 6.02. The first-order chi connectivity index (χ1) is 8.82. The van der Waals surface area contributed by atoms with E-state index in [1.165, 1.54) is 16.8 Å². The van der Waals surface area contributed by atoms with Crippen molar-refractivity contribution < 1.29 is 24.6 Å². The first-order valence-electron chi connectivity index (χ1n) is 6.02. The van der Waals surface area contributed by atoms with Crippen LogP contribution in [-0.2, 0) is 9.59 Å². The zero-order valence-corrected chi connectivity index (χ0v) is 11.0. The molecule has 2 unspecified atom stereocenters. The van der Waals surface area contributed by atoms with Crippen molar-refractivity contribution in [3.8, 4) is 0 Å². The molecule has 1 rings (SSSR count). The molecule has 1 heterocycles. The van der Waals surface area contributed by atoms with Gasteiger partial charge in [-0.1, -0.05) is 0 Å². The molecule has 3 N–H and O–H groups in total. The van der Waals surface area contributed by atoms with Crippen LogP contribution in [-0.4, -0.2) is 76.7 Å². The molecule has 0 spiro atoms. The van der Waals surface area contributed by atoms with Gasteiger partial charge in [0.25, 0.3) is 0 Å². The Hall–Kier alpha value is -1.83. The quantitative estimate of drug-likeness (QED) is 0.589. The second-order valence-corrected chi connectivity index (χ2v) is 4.61. The highest BCUT2D eigenvalue weighted by atomic mass is 16.4. The van der Waals surface area contributed by atoms with Crippen molar-refractivity contribution in [2.45, 2.75) is 25.5 Å². The summed E-state index contributed by atoms with van der Waals surface area (Å²) in [6, 6.07) is -1.46. The average Bonchev–Trinajstić information content (AvgIpc) is 2.29. The van der Waals surface area contributed by atoms with Crippen molar-refractivity contribution in [3.63, 3.8) is 0 Å². The predicted molar refractivity (Wildman–Crippen MR) is 65.5 cm³/mol. The molecule has 2 atom stereocenters. The van der Waals surface area contributed by atoms with E-state index >= 15 is 0 Å². The first kappa shape index (κ1) is 15.2. The van der Waals surface area contributed by atoms with Crippen LogP contribution in [0.2, 0.25) is 0 Å². The third kappa shape index (κ3) is 4.09. The van der Waals surface area contributed by atoms with Gasteiger partial charge in [-0.05, 0) is 6.92 Å². The van der Waals surface area contributed by atoms with Crippen molar-refractivity contribution in [2.75, 3.05) is 26.7 Å². The minimum atomic E-state index is -1.14. The number of carboxylic acids is 1. The van der Waals surface area contributed by atoms with Gasteiger partial charge in [-0.25, -0.2) is 4.79 Å². The van der Waals surface area contributed by atoms with E-state index in [0.29, 0.717) is 6.54 Å². The van der Waals surface area contributed by atoms with Crippen LogP contribution in [0, 0.1) is 0 Å². The molecule has 0 aromatic rings. The topological polar surface area (TPSA) is 110 Å². The Morgan fingerprint density at radius 2 is 2.21 bits per heavy atom. The molecular formula is C11H19N3O5. The number of likely N-dealkylation sites (N-methyl/N-ethyl adjacent to an activating group) is 1. The summed E-state index contributed by atoms with van der Waals surface area (Å²) in [6.45, 7) is 2.22. The summed E-state index contributed by atoms with van der Waals surface area (Å²) in [7, 11) is 1.50. The lowest BCUT2D eigenvalue weighted by Gasteiger charge is -2.37. The summed E-state index contributed by atoms with van der Waals surface area (Å²) in [4.78, 5) is 37.1. The van der Waals surface area contributed by atoms with Crippen molar-refractivity contribution >= 4 is 17.9 Å². The third-order valence-electron chi connectivity index (χ3n) is 2.81. The molecule has 0 aromatic heterocycles. The summed E-state index contributed by atoms with van der Waals surface area (Å²) in [5.74, 6) is -1.61. The number of aliphatic carboxylic acids is 1. The summed E-state index contributed by atoms with van der Waals surface area (Å²) in [5, 5.41) is 20.6. The highest BCUT2D eigenvalue weighted by Crippen LogP contribution is 2.11. The van der Waals surface area contributed by atoms with Gasteiger partial charge in [0.05, 0.1) is 12.5 Å². The molecule has 0 radical (unpaired) electrons. The van der Waals surface area contributed by atoms with Gasteiger partial charge in [0.15, 0.2) is 0 Å². The largest absolute Gasteiger partial charge is 0.481 e. The molecule has 1 aliphatic rings. The van der Waals surface area contributed by atoms with E-state index in [-0.39, 0.29) is 13.1 Å². The maximum atomic E-state index is 12.1. The van der Waals surface area contributed by atoms with Crippen molar-refractivity contribution in [1.82, 2.24) is 15.1 Å². The summed E-state index contributed by atoms with van der Waals surface area (Å²) < 4.78 is 0. The van der Waals surface area contributed by atoms with E-state index in [9.17, 15) is 19.5 Å². The van der Waals surface area contributed by atoms with Gasteiger partial charge in [0, 0.05) is 26.7 Å². The normalized spacial score (nSPS) is 20.7. The fraction of sp³-hybridized carbons (Fsp3) is 0.727. The Morgan fingerprint density at radius 3 is 2.74 bits per heavy atom. The minimum Gasteiger partial charge on any atom is -0.481 e. The van der Waals surface area contributed by atoms with Gasteiger partial charge in [-0.15, -0.1) is 0 Å². The van der Waals surface area contributed by atoms with Crippen LogP contribution in [0.3, 0.4) is 0 Å². The molecular weight excluding hydrogens is 254 g/mol. The van der Waals surface area contributed by atoms with Gasteiger partial charge in [-0.2, -0.15) is 0 Å². The van der Waals surface area contributed by atoms with E-state index in [2.05, 4.69) is 5.32 Å². The predicted octanol–water partition coefficient (Wildman–Crippen LogP) is -1.31. The van der Waals surface area contributed by atoms with Crippen LogP contribution in [0.15, 0.2) is 0 Å². The third-order valence-corrected chi connectivity index (χ3v) is 2.81. The van der Waals surface area contributed by atoms with E-state index < -0.39 is 36.5 Å². The molecule has 8 nitrogen and oxygen atoms in total. The number of rotatable bonds is 4. The molecule has 0 bridgehead atoms. The van der Waals surface area contributed by atoms with E-state index in [0.717, 1.165) is 0 Å². The molecule has 0 aliphatic carbocycles. The number of carbonyl (C=O) groups excluding carboxylic acids is 2. The molecule has 108 valence electrons. The lowest BCUT2D eigenvalue weighted by Crippen LogP contribution is -2.60. The Kier molecular flexibility index (Phi) is 5.11. The maximum absolute atomic E-state index is 12.1. The van der Waals surface area contributed by atoms with Gasteiger partial charge in [0.1, 0.15) is 6.04 Å². The molecule has 1 fully saturated rings. The number of carboxylic acid groups (broad SMARTS) is 1. The van der Waals surface area contributed by atoms with Gasteiger partial charge < -0.3 is 25.3 Å². The van der Waals surface area contributed by atoms with Crippen molar-refractivity contribution in [3.05, 3.63) is 0 Å². The number of aliphatic hydroxyl groups excluding tert-OH is 1. The lowest BCUT2D eigenvalue weighted by molar-refractivity contribution is -0.142. The fourth-order valence-electron chi connectivity index (χ4n) is 2.01. The van der Waals surface area contributed by atoms with Crippen LogP contribution in [0.4, 0.5) is 4.79 Å². The zero-order chi connectivity index (χ0) is 14.6. The summed E-state index contributed by atoms with van der Waals surface area (Å²) in [6.07, 6.45) is -1.12. The Bertz CT molecular complexity index is 371. The molecule has 0 aromatic carbocycles. The van der Waals surface area contributed by atoms with Gasteiger partial charge in [0.2, 0.25) is 5.91 Å². The number of amides is 3. The fourth-order valence-corrected chi connectivity index (χ4v) is 2.01. The van der Waals surface area contributed by atoms with E-state index in [1.54, 1.807) is 6.92 Å². The van der Waals surface area contributed by atoms with Crippen molar-refractivity contribution in [1.29, 1.82) is 0 Å². The number of urea groups is 1. The average molecular weight is 273 g/mol. The summed E-state index contributed by atoms with van der Waals surface area (Å²) in [5.41, 5.74) is 0. The lowest BCUT2D eigenvalue weighted by atomic mass is 10.1. The SMILES string of the molecule is CC(O)CN(C)C(=O)N1CCNC(=O)C1CC(=O)O. The Labute approximate surface area is 111 Å². The number of nitrogens with zero attached hydrogens (tertiary/aromatic N) is 2. The number of piperazine rings is 1. The zero-order valence-electron chi connectivity index (χ0n) is 11.0. The van der Waals surface area contributed by atoms with Crippen LogP contribution in [0.25, 0.3) is 0 Å². The molecule has 1 saturated heterocycles. The number of hydrogen-bond acceptors (Lipinski definition) is 4. The number of aliphatic hydroxyl groups is 1. The second-order valence-electron chi connectivity index (χ2n) is 4.61. The maximum Gasteiger partial charge on any atom is 0.320 e. The van der Waals surface area contributed by atoms with Gasteiger partial charge >= 0.3 is 12.0 Å². The smallest absolute Gasteiger partial charge is 0.320 e. The second kappa shape index (κ2) is 6.37. The highest BCUT2D eigenvalue weighted by molar-refractivity contribution is 5.91. The van der Waals surface area contributed by atoms with Crippen LogP contribution in [0.1, 0.15) is 13.3 Å². The van der Waals surface area contributed by atoms with Crippen LogP contribution in [0.5, 0.6) is 0 Å². The Balaban J connectivity index is 2.78. The number of hydrogen-bond donors (Lipinski definition) is 3. The molecule has 19 heavy (non-hydrogen) atoms. The monoisotopic (exact) mass is 273 g/mol. The van der Waals surface area contributed by atoms with E-state index in [4.69, 9.17) is 5.11 Å². The van der Waals surface area contributed by atoms with Crippen LogP contribution >= 0.6 is 0 Å². The number of carbonyl (C=O) groups is 3. The van der Waals surface area contributed by atoms with Gasteiger partial charge in [-0.3, -0.25) is 9.59 Å². The standard InChI is InChI=1S/C11H19N3O5/c1-7(15)6-13(2)11(19)14-4-3-12-10(18)8(14)5-9(16)17/h7-8,15H,3-6H2,1-2H3,(H,12,18)(H,16,17). The minimum absolute atomic E-state index is 0.122. The highest BCUT2D eigenvalue weighted by Gasteiger charge is 2.36.